The summed E-state index contributed by atoms with van der Waals surface area (Å²) in [7, 11) is 6.56. The van der Waals surface area contributed by atoms with Gasteiger partial charge in [-0.05, 0) is 110 Å². The fraction of sp³-hybridized carbons (Fsp3) is 0.556. The fourth-order valence-corrected chi connectivity index (χ4v) is 4.38. The highest BCUT2D eigenvalue weighted by atomic mass is 79.9. The minimum Gasteiger partial charge on any atom is -0.309 e. The van der Waals surface area contributed by atoms with Gasteiger partial charge in [-0.25, -0.2) is 0 Å². The summed E-state index contributed by atoms with van der Waals surface area (Å²) >= 11 is 3.54. The van der Waals surface area contributed by atoms with Crippen molar-refractivity contribution in [3.8, 4) is 0 Å². The summed E-state index contributed by atoms with van der Waals surface area (Å²) in [4.78, 5) is 7.39. The van der Waals surface area contributed by atoms with Gasteiger partial charge in [0.15, 0.2) is 0 Å². The molecule has 0 heterocycles. The predicted octanol–water partition coefficient (Wildman–Crippen LogP) is 5.77. The SMILES string of the molecule is Cc1cc(C)cc(CN(CCCCN(C)CCCN(C)C)CCc2ccc(Br)cc2)c1. The molecule has 0 unspecified atom stereocenters. The van der Waals surface area contributed by atoms with Crippen molar-refractivity contribution in [2.24, 2.45) is 0 Å². The van der Waals surface area contributed by atoms with Crippen LogP contribution in [0.4, 0.5) is 0 Å². The van der Waals surface area contributed by atoms with Gasteiger partial charge in [-0.3, -0.25) is 4.90 Å². The molecule has 0 saturated heterocycles. The molecule has 2 aromatic rings. The van der Waals surface area contributed by atoms with Crippen LogP contribution in [-0.4, -0.2) is 68.6 Å². The number of halogens is 1. The Balaban J connectivity index is 1.85. The second kappa shape index (κ2) is 14.1. The molecule has 31 heavy (non-hydrogen) atoms. The zero-order valence-electron chi connectivity index (χ0n) is 20.3. The van der Waals surface area contributed by atoms with Crippen molar-refractivity contribution in [2.75, 3.05) is 53.9 Å². The van der Waals surface area contributed by atoms with Crippen molar-refractivity contribution >= 4 is 15.9 Å². The van der Waals surface area contributed by atoms with E-state index in [0.717, 1.165) is 30.5 Å². The molecule has 172 valence electrons. The first-order valence-electron chi connectivity index (χ1n) is 11.7. The third-order valence-electron chi connectivity index (χ3n) is 5.73. The Kier molecular flexibility index (Phi) is 11.8. The van der Waals surface area contributed by atoms with E-state index < -0.39 is 0 Å². The van der Waals surface area contributed by atoms with Gasteiger partial charge < -0.3 is 9.80 Å². The topological polar surface area (TPSA) is 9.72 Å². The van der Waals surface area contributed by atoms with Crippen molar-refractivity contribution in [2.45, 2.75) is 46.1 Å². The molecule has 0 spiro atoms. The average Bonchev–Trinajstić information content (AvgIpc) is 2.69. The van der Waals surface area contributed by atoms with E-state index in [0.29, 0.717) is 0 Å². The lowest BCUT2D eigenvalue weighted by atomic mass is 10.1. The van der Waals surface area contributed by atoms with Crippen LogP contribution in [0.3, 0.4) is 0 Å². The highest BCUT2D eigenvalue weighted by Crippen LogP contribution is 2.15. The summed E-state index contributed by atoms with van der Waals surface area (Å²) in [6.45, 7) is 11.3. The zero-order valence-corrected chi connectivity index (χ0v) is 21.9. The molecule has 0 N–H and O–H groups in total. The van der Waals surface area contributed by atoms with Gasteiger partial charge >= 0.3 is 0 Å². The minimum atomic E-state index is 1.04. The Morgan fingerprint density at radius 1 is 0.677 bits per heavy atom. The molecule has 0 aliphatic heterocycles. The van der Waals surface area contributed by atoms with Gasteiger partial charge in [0, 0.05) is 17.6 Å². The van der Waals surface area contributed by atoms with Crippen LogP contribution in [0.1, 0.15) is 41.5 Å². The van der Waals surface area contributed by atoms with Crippen LogP contribution in [0.2, 0.25) is 0 Å². The Bertz CT molecular complexity index is 737. The molecule has 0 fully saturated rings. The molecule has 0 atom stereocenters. The quantitative estimate of drug-likeness (QED) is 0.313. The van der Waals surface area contributed by atoms with E-state index in [4.69, 9.17) is 0 Å². The molecule has 0 radical (unpaired) electrons. The van der Waals surface area contributed by atoms with Crippen molar-refractivity contribution in [1.82, 2.24) is 14.7 Å². The number of unbranched alkanes of at least 4 members (excludes halogenated alkanes) is 1. The Hall–Kier alpha value is -1.20. The second-order valence-corrected chi connectivity index (χ2v) is 10.2. The number of hydrogen-bond acceptors (Lipinski definition) is 3. The van der Waals surface area contributed by atoms with Gasteiger partial charge in [0.25, 0.3) is 0 Å². The maximum absolute atomic E-state index is 3.54. The van der Waals surface area contributed by atoms with E-state index in [1.54, 1.807) is 0 Å². The van der Waals surface area contributed by atoms with Crippen LogP contribution < -0.4 is 0 Å². The monoisotopic (exact) mass is 487 g/mol. The van der Waals surface area contributed by atoms with Gasteiger partial charge in [0.2, 0.25) is 0 Å². The van der Waals surface area contributed by atoms with Crippen LogP contribution >= 0.6 is 15.9 Å². The summed E-state index contributed by atoms with van der Waals surface area (Å²) in [5.74, 6) is 0. The standard InChI is InChI=1S/C27H42BrN3/c1-23-19-24(2)21-26(20-23)22-31(18-13-25-9-11-27(28)12-10-25)17-7-6-15-30(5)16-8-14-29(3)4/h9-12,19-21H,6-8,13-18,22H2,1-5H3. The first kappa shape index (κ1) is 26.1. The normalized spacial score (nSPS) is 11.8. The molecule has 4 heteroatoms. The highest BCUT2D eigenvalue weighted by Gasteiger charge is 2.08. The Labute approximate surface area is 199 Å². The summed E-state index contributed by atoms with van der Waals surface area (Å²) in [5.41, 5.74) is 5.58. The first-order chi connectivity index (χ1) is 14.8. The molecular formula is C27H42BrN3. The van der Waals surface area contributed by atoms with Crippen molar-refractivity contribution in [3.05, 3.63) is 69.2 Å². The molecule has 0 aliphatic rings. The molecule has 0 bridgehead atoms. The lowest BCUT2D eigenvalue weighted by Crippen LogP contribution is -2.28. The summed E-state index contributed by atoms with van der Waals surface area (Å²) in [6.07, 6.45) is 4.86. The lowest BCUT2D eigenvalue weighted by Gasteiger charge is -2.24. The largest absolute Gasteiger partial charge is 0.309 e. The molecule has 2 aromatic carbocycles. The summed E-state index contributed by atoms with van der Waals surface area (Å²) in [6, 6.07) is 15.7. The summed E-state index contributed by atoms with van der Waals surface area (Å²) in [5, 5.41) is 0. The third kappa shape index (κ3) is 11.3. The Morgan fingerprint density at radius 3 is 1.94 bits per heavy atom. The summed E-state index contributed by atoms with van der Waals surface area (Å²) < 4.78 is 1.15. The molecular weight excluding hydrogens is 446 g/mol. The van der Waals surface area contributed by atoms with Crippen LogP contribution in [-0.2, 0) is 13.0 Å². The average molecular weight is 489 g/mol. The molecule has 0 saturated carbocycles. The highest BCUT2D eigenvalue weighted by molar-refractivity contribution is 9.10. The molecule has 0 aliphatic carbocycles. The Morgan fingerprint density at radius 2 is 1.29 bits per heavy atom. The molecule has 2 rings (SSSR count). The lowest BCUT2D eigenvalue weighted by molar-refractivity contribution is 0.248. The van der Waals surface area contributed by atoms with Crippen molar-refractivity contribution in [1.29, 1.82) is 0 Å². The maximum Gasteiger partial charge on any atom is 0.0234 e. The van der Waals surface area contributed by atoms with Gasteiger partial charge in [-0.1, -0.05) is 57.4 Å². The maximum atomic E-state index is 3.54. The van der Waals surface area contributed by atoms with Crippen LogP contribution in [0.5, 0.6) is 0 Å². The van der Waals surface area contributed by atoms with E-state index in [-0.39, 0.29) is 0 Å². The van der Waals surface area contributed by atoms with E-state index in [1.807, 2.05) is 0 Å². The predicted molar refractivity (Wildman–Crippen MR) is 139 cm³/mol. The zero-order chi connectivity index (χ0) is 22.6. The number of rotatable bonds is 14. The number of aryl methyl sites for hydroxylation is 2. The van der Waals surface area contributed by atoms with Crippen LogP contribution in [0, 0.1) is 13.8 Å². The van der Waals surface area contributed by atoms with Crippen LogP contribution in [0.25, 0.3) is 0 Å². The fourth-order valence-electron chi connectivity index (χ4n) is 4.11. The molecule has 0 aromatic heterocycles. The van der Waals surface area contributed by atoms with E-state index in [2.05, 4.69) is 108 Å². The van der Waals surface area contributed by atoms with E-state index in [9.17, 15) is 0 Å². The van der Waals surface area contributed by atoms with Gasteiger partial charge in [-0.2, -0.15) is 0 Å². The minimum absolute atomic E-state index is 1.04. The van der Waals surface area contributed by atoms with E-state index in [1.165, 1.54) is 61.2 Å². The van der Waals surface area contributed by atoms with Crippen molar-refractivity contribution in [3.63, 3.8) is 0 Å². The number of hydrogen-bond donors (Lipinski definition) is 0. The number of nitrogens with zero attached hydrogens (tertiary/aromatic N) is 3. The van der Waals surface area contributed by atoms with Crippen molar-refractivity contribution < 1.29 is 0 Å². The molecule has 0 amide bonds. The van der Waals surface area contributed by atoms with Crippen LogP contribution in [0.15, 0.2) is 46.9 Å². The van der Waals surface area contributed by atoms with E-state index >= 15 is 0 Å². The first-order valence-corrected chi connectivity index (χ1v) is 12.5. The van der Waals surface area contributed by atoms with Gasteiger partial charge in [0.1, 0.15) is 0 Å². The smallest absolute Gasteiger partial charge is 0.0234 e. The second-order valence-electron chi connectivity index (χ2n) is 9.32. The third-order valence-corrected chi connectivity index (χ3v) is 6.26. The van der Waals surface area contributed by atoms with Gasteiger partial charge in [-0.15, -0.1) is 0 Å². The molecule has 3 nitrogen and oxygen atoms in total. The number of benzene rings is 2. The van der Waals surface area contributed by atoms with Gasteiger partial charge in [0.05, 0.1) is 0 Å².